The minimum Gasteiger partial charge on any atom is -0.476 e. The summed E-state index contributed by atoms with van der Waals surface area (Å²) < 4.78 is 26.5. The molecule has 0 spiro atoms. The molecule has 1 aromatic rings. The summed E-state index contributed by atoms with van der Waals surface area (Å²) in [6.45, 7) is 5.35. The fraction of sp³-hybridized carbons (Fsp3) is 0.583. The fourth-order valence-corrected chi connectivity index (χ4v) is 3.79. The van der Waals surface area contributed by atoms with Crippen molar-refractivity contribution in [3.8, 4) is 6.07 Å². The van der Waals surface area contributed by atoms with Gasteiger partial charge in [-0.15, -0.1) is 0 Å². The van der Waals surface area contributed by atoms with Gasteiger partial charge in [0.1, 0.15) is 4.90 Å². The van der Waals surface area contributed by atoms with Crippen LogP contribution in [0.25, 0.3) is 0 Å². The van der Waals surface area contributed by atoms with Crippen LogP contribution >= 0.6 is 0 Å². The van der Waals surface area contributed by atoms with Crippen LogP contribution in [-0.4, -0.2) is 47.1 Å². The van der Waals surface area contributed by atoms with Gasteiger partial charge in [-0.1, -0.05) is 13.8 Å². The van der Waals surface area contributed by atoms with Crippen molar-refractivity contribution in [1.29, 1.82) is 5.26 Å². The second kappa shape index (κ2) is 6.69. The van der Waals surface area contributed by atoms with Crippen LogP contribution in [0.1, 0.15) is 36.5 Å². The molecule has 0 amide bonds. The molecule has 8 nitrogen and oxygen atoms in total. The van der Waals surface area contributed by atoms with Gasteiger partial charge in [0.25, 0.3) is 0 Å². The van der Waals surface area contributed by atoms with E-state index in [2.05, 4.69) is 10.2 Å². The minimum atomic E-state index is -4.02. The van der Waals surface area contributed by atoms with E-state index in [9.17, 15) is 13.2 Å². The number of aromatic nitrogens is 2. The predicted molar refractivity (Wildman–Crippen MR) is 74.1 cm³/mol. The maximum Gasteiger partial charge on any atom is 0.357 e. The topological polar surface area (TPSA) is 127 Å². The number of carboxylic acid groups (broad SMARTS) is 1. The number of sulfonamides is 1. The fourth-order valence-electron chi connectivity index (χ4n) is 1.90. The molecule has 0 aliphatic rings. The van der Waals surface area contributed by atoms with Crippen molar-refractivity contribution in [1.82, 2.24) is 14.5 Å². The summed E-state index contributed by atoms with van der Waals surface area (Å²) in [4.78, 5) is 10.8. The third-order valence-corrected chi connectivity index (χ3v) is 4.76. The van der Waals surface area contributed by atoms with E-state index in [1.165, 1.54) is 6.92 Å². The van der Waals surface area contributed by atoms with Crippen molar-refractivity contribution in [3.05, 3.63) is 11.4 Å². The number of nitrogens with one attached hydrogen (secondary N) is 1. The van der Waals surface area contributed by atoms with E-state index in [4.69, 9.17) is 10.4 Å². The van der Waals surface area contributed by atoms with E-state index >= 15 is 0 Å². The Bertz CT molecular complexity index is 657. The Morgan fingerprint density at radius 2 is 2.14 bits per heavy atom. The van der Waals surface area contributed by atoms with E-state index in [0.29, 0.717) is 0 Å². The molecule has 0 bridgehead atoms. The van der Waals surface area contributed by atoms with E-state index in [1.54, 1.807) is 0 Å². The highest BCUT2D eigenvalue weighted by Crippen LogP contribution is 2.23. The molecular formula is C12H18N4O4S. The first kappa shape index (κ1) is 17.1. The van der Waals surface area contributed by atoms with Gasteiger partial charge in [-0.05, 0) is 12.8 Å². The van der Waals surface area contributed by atoms with Crippen molar-refractivity contribution >= 4 is 16.0 Å². The van der Waals surface area contributed by atoms with Gasteiger partial charge in [0.05, 0.1) is 11.8 Å². The normalized spacial score (nSPS) is 11.8. The summed E-state index contributed by atoms with van der Waals surface area (Å²) in [7, 11) is -4.02. The Balaban J connectivity index is 3.32. The predicted octanol–water partition coefficient (Wildman–Crippen LogP) is 0.977. The van der Waals surface area contributed by atoms with Crippen LogP contribution < -0.4 is 0 Å². The lowest BCUT2D eigenvalue weighted by atomic mass is 10.2. The number of nitriles is 1. The molecule has 9 heteroatoms. The average molecular weight is 314 g/mol. The Morgan fingerprint density at radius 1 is 1.52 bits per heavy atom. The zero-order valence-corrected chi connectivity index (χ0v) is 12.9. The first-order valence-electron chi connectivity index (χ1n) is 6.37. The standard InChI is InChI=1S/C12H18N4O4S/c1-8(2)7-16(6-4-5-13)21(19,20)11-9(3)14-15-10(11)12(17)18/h8H,4,6-7H2,1-3H3,(H,14,15)(H,17,18). The highest BCUT2D eigenvalue weighted by molar-refractivity contribution is 7.89. The molecule has 0 saturated carbocycles. The van der Waals surface area contributed by atoms with E-state index in [1.807, 2.05) is 19.9 Å². The molecule has 0 aliphatic heterocycles. The lowest BCUT2D eigenvalue weighted by Crippen LogP contribution is -2.36. The van der Waals surface area contributed by atoms with Gasteiger partial charge in [-0.3, -0.25) is 5.10 Å². The van der Waals surface area contributed by atoms with Crippen LogP contribution in [0.2, 0.25) is 0 Å². The zero-order chi connectivity index (χ0) is 16.2. The Morgan fingerprint density at radius 3 is 2.62 bits per heavy atom. The van der Waals surface area contributed by atoms with Crippen LogP contribution in [0, 0.1) is 24.2 Å². The number of carboxylic acids is 1. The molecular weight excluding hydrogens is 296 g/mol. The summed E-state index contributed by atoms with van der Waals surface area (Å²) in [6.07, 6.45) is 0.0330. The van der Waals surface area contributed by atoms with E-state index in [0.717, 1.165) is 4.31 Å². The number of hydrogen-bond donors (Lipinski definition) is 2. The molecule has 0 unspecified atom stereocenters. The number of aryl methyl sites for hydroxylation is 1. The van der Waals surface area contributed by atoms with E-state index in [-0.39, 0.29) is 36.0 Å². The summed E-state index contributed by atoms with van der Waals surface area (Å²) in [6, 6.07) is 1.89. The van der Waals surface area contributed by atoms with Crippen molar-refractivity contribution in [2.24, 2.45) is 5.92 Å². The molecule has 0 radical (unpaired) electrons. The highest BCUT2D eigenvalue weighted by Gasteiger charge is 2.33. The molecule has 1 rings (SSSR count). The summed E-state index contributed by atoms with van der Waals surface area (Å²) in [5.41, 5.74) is -0.365. The quantitative estimate of drug-likeness (QED) is 0.772. The third-order valence-electron chi connectivity index (χ3n) is 2.73. The van der Waals surface area contributed by atoms with Crippen LogP contribution in [0.4, 0.5) is 0 Å². The Labute approximate surface area is 123 Å². The SMILES string of the molecule is Cc1[nH]nc(C(=O)O)c1S(=O)(=O)N(CCC#N)CC(C)C. The number of aromatic amines is 1. The maximum atomic E-state index is 12.7. The number of carbonyl (C=O) groups is 1. The van der Waals surface area contributed by atoms with Gasteiger partial charge in [0.15, 0.2) is 5.69 Å². The number of H-pyrrole nitrogens is 1. The number of rotatable bonds is 7. The molecule has 0 atom stereocenters. The van der Waals surface area contributed by atoms with Gasteiger partial charge >= 0.3 is 5.97 Å². The summed E-state index contributed by atoms with van der Waals surface area (Å²) in [5.74, 6) is -1.37. The van der Waals surface area contributed by atoms with E-state index < -0.39 is 21.7 Å². The third kappa shape index (κ3) is 3.80. The average Bonchev–Trinajstić information content (AvgIpc) is 2.76. The number of nitrogens with zero attached hydrogens (tertiary/aromatic N) is 3. The largest absolute Gasteiger partial charge is 0.476 e. The first-order chi connectivity index (χ1) is 9.71. The van der Waals surface area contributed by atoms with Gasteiger partial charge < -0.3 is 5.11 Å². The Hall–Kier alpha value is -1.92. The smallest absolute Gasteiger partial charge is 0.357 e. The molecule has 1 heterocycles. The molecule has 1 aromatic heterocycles. The zero-order valence-electron chi connectivity index (χ0n) is 12.1. The lowest BCUT2D eigenvalue weighted by Gasteiger charge is -2.23. The number of hydrogen-bond acceptors (Lipinski definition) is 5. The molecule has 0 fully saturated rings. The van der Waals surface area contributed by atoms with Crippen LogP contribution in [-0.2, 0) is 10.0 Å². The van der Waals surface area contributed by atoms with Crippen LogP contribution in [0.15, 0.2) is 4.90 Å². The monoisotopic (exact) mass is 314 g/mol. The van der Waals surface area contributed by atoms with Crippen molar-refractivity contribution in [3.63, 3.8) is 0 Å². The van der Waals surface area contributed by atoms with Crippen molar-refractivity contribution in [2.75, 3.05) is 13.1 Å². The summed E-state index contributed by atoms with van der Waals surface area (Å²) in [5, 5.41) is 23.6. The molecule has 0 aliphatic carbocycles. The molecule has 0 aromatic carbocycles. The van der Waals surface area contributed by atoms with Crippen molar-refractivity contribution in [2.45, 2.75) is 32.1 Å². The lowest BCUT2D eigenvalue weighted by molar-refractivity contribution is 0.0686. The minimum absolute atomic E-state index is 0.0146. The molecule has 2 N–H and O–H groups in total. The second-order valence-corrected chi connectivity index (χ2v) is 6.87. The molecule has 0 saturated heterocycles. The first-order valence-corrected chi connectivity index (χ1v) is 7.81. The second-order valence-electron chi connectivity index (χ2n) is 5.00. The van der Waals surface area contributed by atoms with Gasteiger partial charge in [-0.2, -0.15) is 14.7 Å². The van der Waals surface area contributed by atoms with Crippen LogP contribution in [0.5, 0.6) is 0 Å². The highest BCUT2D eigenvalue weighted by atomic mass is 32.2. The number of aromatic carboxylic acids is 1. The van der Waals surface area contributed by atoms with Gasteiger partial charge in [0.2, 0.25) is 10.0 Å². The van der Waals surface area contributed by atoms with Crippen molar-refractivity contribution < 1.29 is 18.3 Å². The Kier molecular flexibility index (Phi) is 5.46. The van der Waals surface area contributed by atoms with Gasteiger partial charge in [-0.25, -0.2) is 13.2 Å². The van der Waals surface area contributed by atoms with Gasteiger partial charge in [0, 0.05) is 19.5 Å². The summed E-state index contributed by atoms with van der Waals surface area (Å²) >= 11 is 0. The maximum absolute atomic E-state index is 12.7. The molecule has 116 valence electrons. The van der Waals surface area contributed by atoms with Crippen LogP contribution in [0.3, 0.4) is 0 Å². The molecule has 21 heavy (non-hydrogen) atoms.